The van der Waals surface area contributed by atoms with Gasteiger partial charge in [-0.25, -0.2) is 19.0 Å². The van der Waals surface area contributed by atoms with Crippen LogP contribution in [0.25, 0.3) is 0 Å². The topological polar surface area (TPSA) is 79.7 Å². The van der Waals surface area contributed by atoms with E-state index in [1.807, 2.05) is 0 Å². The summed E-state index contributed by atoms with van der Waals surface area (Å²) in [6, 6.07) is 1.49. The summed E-state index contributed by atoms with van der Waals surface area (Å²) in [6.45, 7) is 2.14. The van der Waals surface area contributed by atoms with Crippen molar-refractivity contribution >= 4 is 5.84 Å². The van der Waals surface area contributed by atoms with Crippen LogP contribution in [-0.2, 0) is 0 Å². The van der Waals surface area contributed by atoms with Gasteiger partial charge >= 0.3 is 0 Å². The molecule has 0 bridgehead atoms. The Morgan fingerprint density at radius 1 is 1.12 bits per heavy atom. The van der Waals surface area contributed by atoms with Gasteiger partial charge in [-0.2, -0.15) is 0 Å². The number of amidine groups is 1. The van der Waals surface area contributed by atoms with E-state index in [0.717, 1.165) is 24.9 Å². The highest BCUT2D eigenvalue weighted by Gasteiger charge is 2.34. The van der Waals surface area contributed by atoms with E-state index in [2.05, 4.69) is 15.3 Å². The maximum Gasteiger partial charge on any atom is 0.161 e. The number of halogens is 3. The van der Waals surface area contributed by atoms with Crippen molar-refractivity contribution in [3.63, 3.8) is 0 Å². The van der Waals surface area contributed by atoms with E-state index in [-0.39, 0.29) is 23.6 Å². The number of aliphatic imine (C=N–C) groups is 1. The molecule has 1 aliphatic heterocycles. The van der Waals surface area contributed by atoms with Gasteiger partial charge in [-0.05, 0) is 30.9 Å². The van der Waals surface area contributed by atoms with E-state index >= 15 is 0 Å². The lowest BCUT2D eigenvalue weighted by Gasteiger charge is -2.41. The first-order chi connectivity index (χ1) is 11.5. The van der Waals surface area contributed by atoms with Gasteiger partial charge in [0.25, 0.3) is 0 Å². The zero-order valence-electron chi connectivity index (χ0n) is 13.3. The Balaban J connectivity index is 1.70. The van der Waals surface area contributed by atoms with Crippen LogP contribution in [0.15, 0.2) is 17.1 Å². The Labute approximate surface area is 138 Å². The minimum atomic E-state index is -1.17. The predicted molar refractivity (Wildman–Crippen MR) is 85.9 cm³/mol. The number of rotatable bonds is 2. The number of nitrogens with two attached hydrogens (primary N) is 2. The lowest BCUT2D eigenvalue weighted by Crippen LogP contribution is -2.52. The van der Waals surface area contributed by atoms with E-state index in [9.17, 15) is 13.2 Å². The van der Waals surface area contributed by atoms with Crippen LogP contribution in [0.2, 0.25) is 0 Å². The smallest absolute Gasteiger partial charge is 0.161 e. The lowest BCUT2D eigenvalue weighted by molar-refractivity contribution is 0.154. The summed E-state index contributed by atoms with van der Waals surface area (Å²) >= 11 is 0. The van der Waals surface area contributed by atoms with Crippen molar-refractivity contribution < 1.29 is 13.2 Å². The van der Waals surface area contributed by atoms with Gasteiger partial charge in [0.1, 0.15) is 11.7 Å². The zero-order chi connectivity index (χ0) is 17.3. The van der Waals surface area contributed by atoms with E-state index in [1.54, 1.807) is 0 Å². The summed E-state index contributed by atoms with van der Waals surface area (Å²) in [5.41, 5.74) is 9.01. The highest BCUT2D eigenvalue weighted by atomic mass is 19.2. The average molecular weight is 341 g/mol. The molecule has 0 amide bonds. The summed E-state index contributed by atoms with van der Waals surface area (Å²) in [6.07, 6.45) is 2.11. The molecule has 0 unspecified atom stereocenters. The molecule has 1 aliphatic carbocycles. The molecular weight excluding hydrogens is 319 g/mol. The molecule has 5 N–H and O–H groups in total. The molecule has 1 fully saturated rings. The molecule has 0 aromatic heterocycles. The van der Waals surface area contributed by atoms with Crippen LogP contribution >= 0.6 is 0 Å². The second kappa shape index (κ2) is 7.08. The summed E-state index contributed by atoms with van der Waals surface area (Å²) < 4.78 is 40.6. The van der Waals surface area contributed by atoms with E-state index in [0.29, 0.717) is 32.0 Å². The summed E-state index contributed by atoms with van der Waals surface area (Å²) in [5, 5.41) is 0. The third-order valence-corrected chi connectivity index (χ3v) is 5.04. The number of hydrogen-bond acceptors (Lipinski definition) is 5. The highest BCUT2D eigenvalue weighted by Crippen LogP contribution is 2.36. The average Bonchev–Trinajstić information content (AvgIpc) is 2.58. The van der Waals surface area contributed by atoms with Gasteiger partial charge in [-0.15, -0.1) is 0 Å². The Kier molecular flexibility index (Phi) is 5.07. The van der Waals surface area contributed by atoms with Gasteiger partial charge in [-0.1, -0.05) is 0 Å². The molecule has 0 spiro atoms. The minimum absolute atomic E-state index is 0.171. The van der Waals surface area contributed by atoms with Crippen molar-refractivity contribution in [3.8, 4) is 0 Å². The molecule has 132 valence electrons. The standard InChI is InChI=1S/C16H22F3N5/c17-12-7-14(19)13(18)6-11(12)10-2-1-9(5-15(10)20)24-4-3-22-16(8-24)23-21/h6-7,9-10,15H,1-5,8,20-21H2,(H,22,23)/t9-,10+,15-/m0/s1. The molecule has 1 saturated carbocycles. The first-order valence-corrected chi connectivity index (χ1v) is 8.13. The largest absolute Gasteiger partial charge is 0.327 e. The fourth-order valence-corrected chi connectivity index (χ4v) is 3.76. The van der Waals surface area contributed by atoms with Crippen LogP contribution < -0.4 is 17.0 Å². The van der Waals surface area contributed by atoms with E-state index < -0.39 is 17.5 Å². The maximum absolute atomic E-state index is 14.0. The minimum Gasteiger partial charge on any atom is -0.327 e. The zero-order valence-corrected chi connectivity index (χ0v) is 13.3. The second-order valence-electron chi connectivity index (χ2n) is 6.47. The second-order valence-corrected chi connectivity index (χ2v) is 6.47. The molecule has 1 heterocycles. The van der Waals surface area contributed by atoms with Gasteiger partial charge in [0.15, 0.2) is 11.6 Å². The van der Waals surface area contributed by atoms with Gasteiger partial charge < -0.3 is 11.2 Å². The van der Waals surface area contributed by atoms with Crippen LogP contribution in [0.5, 0.6) is 0 Å². The predicted octanol–water partition coefficient (Wildman–Crippen LogP) is 1.24. The number of benzene rings is 1. The maximum atomic E-state index is 14.0. The van der Waals surface area contributed by atoms with Gasteiger partial charge in [0, 0.05) is 30.6 Å². The molecule has 2 aliphatic rings. The molecule has 24 heavy (non-hydrogen) atoms. The lowest BCUT2D eigenvalue weighted by atomic mass is 9.77. The number of nitrogens with one attached hydrogen (secondary N) is 1. The Hall–Kier alpha value is -1.64. The SMILES string of the molecule is NNC1=NCCN([C@H]2CC[C@H](c3cc(F)c(F)cc3F)[C@@H](N)C2)C1. The summed E-state index contributed by atoms with van der Waals surface area (Å²) in [4.78, 5) is 6.55. The summed E-state index contributed by atoms with van der Waals surface area (Å²) in [7, 11) is 0. The van der Waals surface area contributed by atoms with Crippen molar-refractivity contribution in [1.29, 1.82) is 0 Å². The van der Waals surface area contributed by atoms with E-state index in [4.69, 9.17) is 11.6 Å². The Morgan fingerprint density at radius 2 is 1.88 bits per heavy atom. The van der Waals surface area contributed by atoms with Crippen LogP contribution in [0, 0.1) is 17.5 Å². The molecule has 8 heteroatoms. The molecular formula is C16H22F3N5. The highest BCUT2D eigenvalue weighted by molar-refractivity contribution is 5.84. The monoisotopic (exact) mass is 341 g/mol. The van der Waals surface area contributed by atoms with Crippen LogP contribution in [0.1, 0.15) is 30.7 Å². The molecule has 3 atom stereocenters. The van der Waals surface area contributed by atoms with E-state index in [1.165, 1.54) is 0 Å². The molecule has 3 rings (SSSR count). The number of nitrogens with zero attached hydrogens (tertiary/aromatic N) is 2. The third kappa shape index (κ3) is 3.40. The molecule has 1 aromatic rings. The first kappa shape index (κ1) is 17.2. The quantitative estimate of drug-likeness (QED) is 0.430. The van der Waals surface area contributed by atoms with Gasteiger partial charge in [-0.3, -0.25) is 9.89 Å². The van der Waals surface area contributed by atoms with Crippen molar-refractivity contribution in [2.24, 2.45) is 16.6 Å². The molecule has 0 radical (unpaired) electrons. The molecule has 5 nitrogen and oxygen atoms in total. The van der Waals surface area contributed by atoms with Crippen LogP contribution in [0.3, 0.4) is 0 Å². The van der Waals surface area contributed by atoms with Crippen molar-refractivity contribution in [2.45, 2.75) is 37.3 Å². The Bertz CT molecular complexity index is 636. The van der Waals surface area contributed by atoms with Crippen LogP contribution in [-0.4, -0.2) is 42.5 Å². The normalized spacial score (nSPS) is 28.5. The fraction of sp³-hybridized carbons (Fsp3) is 0.562. The van der Waals surface area contributed by atoms with Crippen molar-refractivity contribution in [1.82, 2.24) is 10.3 Å². The number of hydrazine groups is 1. The van der Waals surface area contributed by atoms with Gasteiger partial charge in [0.2, 0.25) is 0 Å². The third-order valence-electron chi connectivity index (χ3n) is 5.04. The first-order valence-electron chi connectivity index (χ1n) is 8.13. The van der Waals surface area contributed by atoms with Crippen LogP contribution in [0.4, 0.5) is 13.2 Å². The number of hydrogen-bond donors (Lipinski definition) is 3. The Morgan fingerprint density at radius 3 is 2.58 bits per heavy atom. The molecule has 0 saturated heterocycles. The van der Waals surface area contributed by atoms with Crippen molar-refractivity contribution in [2.75, 3.05) is 19.6 Å². The summed E-state index contributed by atoms with van der Waals surface area (Å²) in [5.74, 6) is 2.92. The fourth-order valence-electron chi connectivity index (χ4n) is 3.76. The van der Waals surface area contributed by atoms with Crippen molar-refractivity contribution in [3.05, 3.63) is 35.1 Å². The van der Waals surface area contributed by atoms with Gasteiger partial charge in [0.05, 0.1) is 13.1 Å². The molecule has 1 aromatic carbocycles.